The molecule has 0 saturated heterocycles. The molecule has 2 atom stereocenters. The van der Waals surface area contributed by atoms with Crippen molar-refractivity contribution in [2.24, 2.45) is 5.73 Å². The molecule has 0 unspecified atom stereocenters. The SMILES string of the molecule is CCCC[C@H](N)C(=O)N[C@H](C=O)Cc1cc(Cl)ccc1Cl. The van der Waals surface area contributed by atoms with Crippen molar-refractivity contribution in [1.82, 2.24) is 5.32 Å². The van der Waals surface area contributed by atoms with Gasteiger partial charge in [0.1, 0.15) is 6.29 Å². The highest BCUT2D eigenvalue weighted by Gasteiger charge is 2.18. The van der Waals surface area contributed by atoms with E-state index in [0.717, 1.165) is 12.8 Å². The minimum absolute atomic E-state index is 0.287. The number of hydrogen-bond donors (Lipinski definition) is 2. The Hall–Kier alpha value is -1.10. The standard InChI is InChI=1S/C15H20Cl2N2O2/c1-2-3-4-14(18)15(21)19-12(9-20)8-10-7-11(16)5-6-13(10)17/h5-7,9,12,14H,2-4,8,18H2,1H3,(H,19,21)/t12-,14-/m0/s1. The Morgan fingerprint density at radius 1 is 1.43 bits per heavy atom. The van der Waals surface area contributed by atoms with E-state index in [4.69, 9.17) is 28.9 Å². The van der Waals surface area contributed by atoms with E-state index in [9.17, 15) is 9.59 Å². The van der Waals surface area contributed by atoms with Gasteiger partial charge in [-0.15, -0.1) is 0 Å². The first kappa shape index (κ1) is 18.0. The molecule has 0 radical (unpaired) electrons. The molecule has 4 nitrogen and oxygen atoms in total. The van der Waals surface area contributed by atoms with E-state index >= 15 is 0 Å². The van der Waals surface area contributed by atoms with E-state index in [1.807, 2.05) is 6.92 Å². The largest absolute Gasteiger partial charge is 0.345 e. The van der Waals surface area contributed by atoms with Crippen LogP contribution < -0.4 is 11.1 Å². The molecule has 6 heteroatoms. The van der Waals surface area contributed by atoms with Gasteiger partial charge in [-0.25, -0.2) is 0 Å². The first-order valence-corrected chi connectivity index (χ1v) is 7.68. The zero-order chi connectivity index (χ0) is 15.8. The van der Waals surface area contributed by atoms with Gasteiger partial charge in [0.25, 0.3) is 0 Å². The summed E-state index contributed by atoms with van der Waals surface area (Å²) in [5.41, 5.74) is 6.49. The molecule has 1 rings (SSSR count). The molecular weight excluding hydrogens is 311 g/mol. The molecule has 21 heavy (non-hydrogen) atoms. The Morgan fingerprint density at radius 2 is 2.14 bits per heavy atom. The molecule has 0 spiro atoms. The molecule has 1 aromatic rings. The van der Waals surface area contributed by atoms with E-state index < -0.39 is 12.1 Å². The summed E-state index contributed by atoms with van der Waals surface area (Å²) in [6.07, 6.45) is 3.42. The Morgan fingerprint density at radius 3 is 2.76 bits per heavy atom. The van der Waals surface area contributed by atoms with Gasteiger partial charge >= 0.3 is 0 Å². The first-order chi connectivity index (χ1) is 9.97. The van der Waals surface area contributed by atoms with Crippen LogP contribution in [0.25, 0.3) is 0 Å². The highest BCUT2D eigenvalue weighted by Crippen LogP contribution is 2.21. The van der Waals surface area contributed by atoms with Gasteiger partial charge in [-0.1, -0.05) is 43.0 Å². The highest BCUT2D eigenvalue weighted by molar-refractivity contribution is 6.33. The topological polar surface area (TPSA) is 72.2 Å². The van der Waals surface area contributed by atoms with Crippen LogP contribution in [0.5, 0.6) is 0 Å². The van der Waals surface area contributed by atoms with Crippen LogP contribution in [0.1, 0.15) is 31.7 Å². The lowest BCUT2D eigenvalue weighted by Crippen LogP contribution is -2.46. The van der Waals surface area contributed by atoms with Crippen molar-refractivity contribution in [1.29, 1.82) is 0 Å². The minimum atomic E-state index is -0.666. The van der Waals surface area contributed by atoms with Crippen molar-refractivity contribution in [3.8, 4) is 0 Å². The molecule has 0 aliphatic carbocycles. The van der Waals surface area contributed by atoms with Crippen molar-refractivity contribution in [3.63, 3.8) is 0 Å². The third-order valence-electron chi connectivity index (χ3n) is 3.14. The fraction of sp³-hybridized carbons (Fsp3) is 0.467. The molecule has 0 aliphatic heterocycles. The van der Waals surface area contributed by atoms with Crippen molar-refractivity contribution in [2.45, 2.75) is 44.7 Å². The number of hydrogen-bond acceptors (Lipinski definition) is 3. The summed E-state index contributed by atoms with van der Waals surface area (Å²) in [7, 11) is 0. The molecular formula is C15H20Cl2N2O2. The predicted octanol–water partition coefficient (Wildman–Crippen LogP) is 2.74. The molecule has 0 heterocycles. The number of benzene rings is 1. The van der Waals surface area contributed by atoms with Crippen molar-refractivity contribution in [3.05, 3.63) is 33.8 Å². The molecule has 1 amide bonds. The van der Waals surface area contributed by atoms with Crippen molar-refractivity contribution in [2.75, 3.05) is 0 Å². The monoisotopic (exact) mass is 330 g/mol. The Labute approximate surface area is 135 Å². The van der Waals surface area contributed by atoms with E-state index in [0.29, 0.717) is 28.3 Å². The third-order valence-corrected chi connectivity index (χ3v) is 3.75. The molecule has 3 N–H and O–H groups in total. The molecule has 1 aromatic carbocycles. The van der Waals surface area contributed by atoms with E-state index in [1.165, 1.54) is 0 Å². The molecule has 116 valence electrons. The van der Waals surface area contributed by atoms with Gasteiger partial charge in [-0.2, -0.15) is 0 Å². The number of aldehydes is 1. The smallest absolute Gasteiger partial charge is 0.237 e. The summed E-state index contributed by atoms with van der Waals surface area (Å²) in [6.45, 7) is 2.03. The summed E-state index contributed by atoms with van der Waals surface area (Å²) in [5, 5.41) is 3.68. The van der Waals surface area contributed by atoms with Crippen LogP contribution in [0.2, 0.25) is 10.0 Å². The maximum Gasteiger partial charge on any atom is 0.237 e. The average Bonchev–Trinajstić information content (AvgIpc) is 2.47. The minimum Gasteiger partial charge on any atom is -0.345 e. The molecule has 0 aromatic heterocycles. The van der Waals surface area contributed by atoms with Gasteiger partial charge in [0.15, 0.2) is 0 Å². The van der Waals surface area contributed by atoms with Gasteiger partial charge < -0.3 is 15.8 Å². The van der Waals surface area contributed by atoms with Crippen LogP contribution in [0, 0.1) is 0 Å². The van der Waals surface area contributed by atoms with Crippen molar-refractivity contribution >= 4 is 35.4 Å². The van der Waals surface area contributed by atoms with Crippen LogP contribution in [0.4, 0.5) is 0 Å². The summed E-state index contributed by atoms with van der Waals surface area (Å²) in [4.78, 5) is 23.1. The summed E-state index contributed by atoms with van der Waals surface area (Å²) < 4.78 is 0. The highest BCUT2D eigenvalue weighted by atomic mass is 35.5. The van der Waals surface area contributed by atoms with Gasteiger partial charge in [0.2, 0.25) is 5.91 Å². The molecule has 0 bridgehead atoms. The lowest BCUT2D eigenvalue weighted by atomic mass is 10.1. The zero-order valence-corrected chi connectivity index (χ0v) is 13.5. The molecule has 0 fully saturated rings. The second-order valence-corrected chi connectivity index (χ2v) is 5.78. The maximum absolute atomic E-state index is 11.9. The fourth-order valence-corrected chi connectivity index (χ4v) is 2.30. The number of nitrogens with one attached hydrogen (secondary N) is 1. The van der Waals surface area contributed by atoms with Crippen LogP contribution in [0.15, 0.2) is 18.2 Å². The molecule has 0 saturated carbocycles. The number of nitrogens with two attached hydrogens (primary N) is 1. The Kier molecular flexibility index (Phi) is 7.72. The summed E-state index contributed by atoms with van der Waals surface area (Å²) in [6, 6.07) is 3.76. The number of unbranched alkanes of at least 4 members (excludes halogenated alkanes) is 1. The number of carbonyl (C=O) groups excluding carboxylic acids is 2. The van der Waals surface area contributed by atoms with Gasteiger partial charge in [-0.05, 0) is 30.2 Å². The second kappa shape index (κ2) is 9.03. The van der Waals surface area contributed by atoms with Crippen LogP contribution in [-0.4, -0.2) is 24.3 Å². The predicted molar refractivity (Wildman–Crippen MR) is 85.7 cm³/mol. The van der Waals surface area contributed by atoms with E-state index in [-0.39, 0.29) is 12.3 Å². The number of rotatable bonds is 8. The van der Waals surface area contributed by atoms with E-state index in [2.05, 4.69) is 5.32 Å². The number of halogens is 2. The number of carbonyl (C=O) groups is 2. The van der Waals surface area contributed by atoms with Crippen LogP contribution >= 0.6 is 23.2 Å². The fourth-order valence-electron chi connectivity index (χ4n) is 1.91. The Balaban J connectivity index is 2.65. The number of amides is 1. The van der Waals surface area contributed by atoms with Crippen LogP contribution in [0.3, 0.4) is 0 Å². The first-order valence-electron chi connectivity index (χ1n) is 6.93. The van der Waals surface area contributed by atoms with Gasteiger partial charge in [-0.3, -0.25) is 4.79 Å². The average molecular weight is 331 g/mol. The lowest BCUT2D eigenvalue weighted by Gasteiger charge is -2.17. The quantitative estimate of drug-likeness (QED) is 0.720. The van der Waals surface area contributed by atoms with E-state index in [1.54, 1.807) is 18.2 Å². The second-order valence-electron chi connectivity index (χ2n) is 4.94. The third kappa shape index (κ3) is 6.04. The van der Waals surface area contributed by atoms with Crippen molar-refractivity contribution < 1.29 is 9.59 Å². The molecule has 0 aliphatic rings. The van der Waals surface area contributed by atoms with Gasteiger partial charge in [0, 0.05) is 16.5 Å². The summed E-state index contributed by atoms with van der Waals surface area (Å²) >= 11 is 12.0. The normalized spacial score (nSPS) is 13.5. The Bertz CT molecular complexity index is 495. The van der Waals surface area contributed by atoms with Gasteiger partial charge in [0.05, 0.1) is 12.1 Å². The lowest BCUT2D eigenvalue weighted by molar-refractivity contribution is -0.125. The van der Waals surface area contributed by atoms with Crippen LogP contribution in [-0.2, 0) is 16.0 Å². The summed E-state index contributed by atoms with van der Waals surface area (Å²) in [5.74, 6) is -0.321. The zero-order valence-electron chi connectivity index (χ0n) is 11.9. The maximum atomic E-state index is 11.9.